The molecule has 0 atom stereocenters. The number of carbonyl (C=O) groups is 1. The lowest BCUT2D eigenvalue weighted by Crippen LogP contribution is -2.05. The number of thiophene rings is 1. The Hall–Kier alpha value is -1.81. The molecule has 0 bridgehead atoms. The Balaban J connectivity index is 2.18. The normalized spacial score (nSPS) is 10.5. The second-order valence-corrected chi connectivity index (χ2v) is 6.04. The molecule has 0 aliphatic rings. The number of hydrogen-bond acceptors (Lipinski definition) is 3. The maximum absolute atomic E-state index is 11.1. The van der Waals surface area contributed by atoms with Crippen LogP contribution >= 0.6 is 11.3 Å². The lowest BCUT2D eigenvalue weighted by molar-refractivity contribution is 0.0696. The van der Waals surface area contributed by atoms with Crippen LogP contribution in [0.15, 0.2) is 24.3 Å². The van der Waals surface area contributed by atoms with Crippen LogP contribution in [-0.4, -0.2) is 11.1 Å². The third-order valence-corrected chi connectivity index (χ3v) is 4.19. The summed E-state index contributed by atoms with van der Waals surface area (Å²) in [7, 11) is 0. The Labute approximate surface area is 116 Å². The number of carboxylic acid groups (broad SMARTS) is 1. The molecule has 2 aromatic rings. The third-order valence-electron chi connectivity index (χ3n) is 3.18. The fourth-order valence-corrected chi connectivity index (χ4v) is 3.05. The van der Waals surface area contributed by atoms with Crippen LogP contribution in [0.5, 0.6) is 0 Å². The van der Waals surface area contributed by atoms with E-state index in [1.807, 2.05) is 13.0 Å². The van der Waals surface area contributed by atoms with Crippen molar-refractivity contribution >= 4 is 23.0 Å². The van der Waals surface area contributed by atoms with Crippen molar-refractivity contribution in [1.82, 2.24) is 0 Å². The number of benzene rings is 1. The molecule has 0 saturated carbocycles. The molecule has 0 aliphatic carbocycles. The van der Waals surface area contributed by atoms with Crippen LogP contribution in [0.3, 0.4) is 0 Å². The SMILES string of the molecule is Cc1cc(CNc2cccc(C(=O)O)c2C)c(C)s1. The van der Waals surface area contributed by atoms with Crippen molar-refractivity contribution in [2.45, 2.75) is 27.3 Å². The Kier molecular flexibility index (Phi) is 3.90. The quantitative estimate of drug-likeness (QED) is 0.887. The van der Waals surface area contributed by atoms with Crippen LogP contribution in [0.25, 0.3) is 0 Å². The van der Waals surface area contributed by atoms with Crippen LogP contribution in [0.1, 0.15) is 31.2 Å². The van der Waals surface area contributed by atoms with Gasteiger partial charge in [-0.05, 0) is 50.1 Å². The van der Waals surface area contributed by atoms with Crippen LogP contribution < -0.4 is 5.32 Å². The zero-order valence-electron chi connectivity index (χ0n) is 11.3. The molecule has 0 spiro atoms. The zero-order chi connectivity index (χ0) is 14.0. The van der Waals surface area contributed by atoms with Crippen molar-refractivity contribution in [3.05, 3.63) is 50.7 Å². The average molecular weight is 275 g/mol. The lowest BCUT2D eigenvalue weighted by atomic mass is 10.1. The standard InChI is InChI=1S/C15H17NO2S/c1-9-7-12(11(3)19-9)8-16-14-6-4-5-13(10(14)2)15(17)18/h4-7,16H,8H2,1-3H3,(H,17,18). The minimum absolute atomic E-state index is 0.350. The number of nitrogens with one attached hydrogen (secondary N) is 1. The Morgan fingerprint density at radius 2 is 2.05 bits per heavy atom. The first kappa shape index (κ1) is 13.6. The van der Waals surface area contributed by atoms with E-state index in [4.69, 9.17) is 5.11 Å². The van der Waals surface area contributed by atoms with Gasteiger partial charge in [-0.15, -0.1) is 11.3 Å². The van der Waals surface area contributed by atoms with Gasteiger partial charge in [-0.1, -0.05) is 6.07 Å². The number of carboxylic acids is 1. The number of rotatable bonds is 4. The van der Waals surface area contributed by atoms with E-state index in [-0.39, 0.29) is 0 Å². The van der Waals surface area contributed by atoms with Gasteiger partial charge in [0.1, 0.15) is 0 Å². The van der Waals surface area contributed by atoms with Gasteiger partial charge in [0.15, 0.2) is 0 Å². The first-order valence-corrected chi connectivity index (χ1v) is 6.93. The highest BCUT2D eigenvalue weighted by atomic mass is 32.1. The fraction of sp³-hybridized carbons (Fsp3) is 0.267. The smallest absolute Gasteiger partial charge is 0.336 e. The van der Waals surface area contributed by atoms with Crippen LogP contribution in [0, 0.1) is 20.8 Å². The van der Waals surface area contributed by atoms with E-state index >= 15 is 0 Å². The summed E-state index contributed by atoms with van der Waals surface area (Å²) >= 11 is 1.78. The number of anilines is 1. The molecule has 0 amide bonds. The molecular weight excluding hydrogens is 258 g/mol. The van der Waals surface area contributed by atoms with Crippen molar-refractivity contribution in [2.75, 3.05) is 5.32 Å². The Morgan fingerprint density at radius 1 is 1.32 bits per heavy atom. The summed E-state index contributed by atoms with van der Waals surface area (Å²) in [4.78, 5) is 13.7. The van der Waals surface area contributed by atoms with Gasteiger partial charge in [0.25, 0.3) is 0 Å². The average Bonchev–Trinajstić information content (AvgIpc) is 2.66. The molecule has 1 heterocycles. The highest BCUT2D eigenvalue weighted by Crippen LogP contribution is 2.23. The molecule has 1 aromatic heterocycles. The molecular formula is C15H17NO2S. The number of aromatic carboxylic acids is 1. The summed E-state index contributed by atoms with van der Waals surface area (Å²) in [5.74, 6) is -0.885. The molecule has 1 aromatic carbocycles. The highest BCUT2D eigenvalue weighted by molar-refractivity contribution is 7.12. The first-order valence-electron chi connectivity index (χ1n) is 6.11. The molecule has 3 nitrogen and oxygen atoms in total. The summed E-state index contributed by atoms with van der Waals surface area (Å²) in [6.45, 7) is 6.75. The Morgan fingerprint density at radius 3 is 2.63 bits per heavy atom. The number of hydrogen-bond donors (Lipinski definition) is 2. The molecule has 19 heavy (non-hydrogen) atoms. The van der Waals surface area contributed by atoms with E-state index in [0.29, 0.717) is 5.56 Å². The monoisotopic (exact) mass is 275 g/mol. The molecule has 2 rings (SSSR count). The predicted octanol–water partition coefficient (Wildman–Crippen LogP) is 3.98. The Bertz CT molecular complexity index is 617. The van der Waals surface area contributed by atoms with Gasteiger partial charge in [0.2, 0.25) is 0 Å². The van der Waals surface area contributed by atoms with Gasteiger partial charge in [-0.3, -0.25) is 0 Å². The molecule has 0 unspecified atom stereocenters. The maximum Gasteiger partial charge on any atom is 0.336 e. The topological polar surface area (TPSA) is 49.3 Å². The first-order chi connectivity index (χ1) is 8.99. The van der Waals surface area contributed by atoms with E-state index in [2.05, 4.69) is 25.2 Å². The van der Waals surface area contributed by atoms with Crippen LogP contribution in [-0.2, 0) is 6.54 Å². The lowest BCUT2D eigenvalue weighted by Gasteiger charge is -2.11. The van der Waals surface area contributed by atoms with Crippen molar-refractivity contribution in [1.29, 1.82) is 0 Å². The minimum atomic E-state index is -0.885. The number of aryl methyl sites for hydroxylation is 2. The van der Waals surface area contributed by atoms with Crippen molar-refractivity contribution in [3.63, 3.8) is 0 Å². The van der Waals surface area contributed by atoms with E-state index in [9.17, 15) is 4.79 Å². The summed E-state index contributed by atoms with van der Waals surface area (Å²) < 4.78 is 0. The van der Waals surface area contributed by atoms with Gasteiger partial charge in [-0.2, -0.15) is 0 Å². The van der Waals surface area contributed by atoms with Crippen LogP contribution in [0.2, 0.25) is 0 Å². The maximum atomic E-state index is 11.1. The van der Waals surface area contributed by atoms with Gasteiger partial charge in [0, 0.05) is 22.0 Å². The van der Waals surface area contributed by atoms with E-state index < -0.39 is 5.97 Å². The minimum Gasteiger partial charge on any atom is -0.478 e. The second kappa shape index (κ2) is 5.45. The van der Waals surface area contributed by atoms with E-state index in [0.717, 1.165) is 17.8 Å². The summed E-state index contributed by atoms with van der Waals surface area (Å²) in [6, 6.07) is 7.48. The second-order valence-electron chi connectivity index (χ2n) is 4.58. The molecule has 2 N–H and O–H groups in total. The highest BCUT2D eigenvalue weighted by Gasteiger charge is 2.10. The fourth-order valence-electron chi connectivity index (χ4n) is 2.11. The van der Waals surface area contributed by atoms with Gasteiger partial charge >= 0.3 is 5.97 Å². The molecule has 0 saturated heterocycles. The molecule has 4 heteroatoms. The van der Waals surface area contributed by atoms with Gasteiger partial charge < -0.3 is 10.4 Å². The van der Waals surface area contributed by atoms with Gasteiger partial charge in [-0.25, -0.2) is 4.79 Å². The summed E-state index contributed by atoms with van der Waals surface area (Å²) in [5.41, 5.74) is 3.27. The molecule has 0 fully saturated rings. The van der Waals surface area contributed by atoms with Crippen molar-refractivity contribution < 1.29 is 9.90 Å². The predicted molar refractivity (Wildman–Crippen MR) is 79.3 cm³/mol. The van der Waals surface area contributed by atoms with E-state index in [1.165, 1.54) is 15.3 Å². The molecule has 0 radical (unpaired) electrons. The molecule has 0 aliphatic heterocycles. The zero-order valence-corrected chi connectivity index (χ0v) is 12.1. The molecule has 100 valence electrons. The van der Waals surface area contributed by atoms with E-state index in [1.54, 1.807) is 23.5 Å². The van der Waals surface area contributed by atoms with Crippen molar-refractivity contribution in [3.8, 4) is 0 Å². The largest absolute Gasteiger partial charge is 0.478 e. The summed E-state index contributed by atoms with van der Waals surface area (Å²) in [6.07, 6.45) is 0. The third kappa shape index (κ3) is 2.96. The summed E-state index contributed by atoms with van der Waals surface area (Å²) in [5, 5.41) is 12.4. The van der Waals surface area contributed by atoms with Crippen molar-refractivity contribution in [2.24, 2.45) is 0 Å². The van der Waals surface area contributed by atoms with Gasteiger partial charge in [0.05, 0.1) is 5.56 Å². The van der Waals surface area contributed by atoms with Crippen LogP contribution in [0.4, 0.5) is 5.69 Å².